The Morgan fingerprint density at radius 1 is 1.17 bits per heavy atom. The summed E-state index contributed by atoms with van der Waals surface area (Å²) >= 11 is 0. The van der Waals surface area contributed by atoms with Gasteiger partial charge in [0.25, 0.3) is 0 Å². The first kappa shape index (κ1) is 18.1. The van der Waals surface area contributed by atoms with Crippen LogP contribution in [0.15, 0.2) is 12.1 Å². The summed E-state index contributed by atoms with van der Waals surface area (Å²) in [6.45, 7) is 7.59. The van der Waals surface area contributed by atoms with E-state index in [9.17, 15) is 13.6 Å². The molecule has 1 aliphatic rings. The summed E-state index contributed by atoms with van der Waals surface area (Å²) < 4.78 is 28.2. The second-order valence-corrected chi connectivity index (χ2v) is 5.73. The number of hydrogen-bond donors (Lipinski definition) is 0. The van der Waals surface area contributed by atoms with Gasteiger partial charge in [-0.1, -0.05) is 13.8 Å². The smallest absolute Gasteiger partial charge is 0.236 e. The Kier molecular flexibility index (Phi) is 6.10. The first-order valence-corrected chi connectivity index (χ1v) is 8.14. The van der Waals surface area contributed by atoms with Crippen molar-refractivity contribution in [2.75, 3.05) is 50.7 Å². The van der Waals surface area contributed by atoms with E-state index in [-0.39, 0.29) is 17.2 Å². The third-order valence-electron chi connectivity index (χ3n) is 4.35. The number of anilines is 1. The van der Waals surface area contributed by atoms with Crippen LogP contribution in [0, 0.1) is 23.0 Å². The molecule has 0 atom stereocenters. The highest BCUT2D eigenvalue weighted by Gasteiger charge is 2.25. The molecule has 1 fully saturated rings. The van der Waals surface area contributed by atoms with Crippen molar-refractivity contribution in [2.24, 2.45) is 0 Å². The molecule has 5 nitrogen and oxygen atoms in total. The molecule has 2 rings (SSSR count). The third-order valence-corrected chi connectivity index (χ3v) is 4.35. The second-order valence-electron chi connectivity index (χ2n) is 5.73. The Bertz CT molecular complexity index is 609. The molecule has 1 aromatic rings. The van der Waals surface area contributed by atoms with E-state index in [1.54, 1.807) is 15.9 Å². The third kappa shape index (κ3) is 4.01. The number of benzene rings is 1. The molecular weight excluding hydrogens is 314 g/mol. The molecule has 0 aromatic heterocycles. The van der Waals surface area contributed by atoms with Crippen LogP contribution in [0.4, 0.5) is 14.5 Å². The van der Waals surface area contributed by atoms with Crippen molar-refractivity contribution in [1.82, 2.24) is 9.80 Å². The normalized spacial score (nSPS) is 14.8. The highest BCUT2D eigenvalue weighted by Crippen LogP contribution is 2.26. The van der Waals surface area contributed by atoms with Gasteiger partial charge in [0.05, 0.1) is 18.2 Å². The number of amides is 1. The summed E-state index contributed by atoms with van der Waals surface area (Å²) in [4.78, 5) is 17.6. The highest BCUT2D eigenvalue weighted by molar-refractivity contribution is 5.78. The molecule has 0 radical (unpaired) electrons. The topological polar surface area (TPSA) is 50.6 Å². The van der Waals surface area contributed by atoms with Gasteiger partial charge in [0, 0.05) is 26.2 Å². The van der Waals surface area contributed by atoms with Crippen molar-refractivity contribution in [3.8, 4) is 6.07 Å². The van der Waals surface area contributed by atoms with E-state index in [4.69, 9.17) is 5.26 Å². The van der Waals surface area contributed by atoms with Gasteiger partial charge in [0.15, 0.2) is 11.6 Å². The zero-order valence-electron chi connectivity index (χ0n) is 14.1. The van der Waals surface area contributed by atoms with E-state index in [1.807, 2.05) is 18.7 Å². The molecule has 0 aliphatic carbocycles. The molecule has 24 heavy (non-hydrogen) atoms. The van der Waals surface area contributed by atoms with E-state index < -0.39 is 11.6 Å². The van der Waals surface area contributed by atoms with Gasteiger partial charge in [0.2, 0.25) is 5.91 Å². The number of hydrogen-bond acceptors (Lipinski definition) is 4. The molecule has 0 bridgehead atoms. The van der Waals surface area contributed by atoms with Gasteiger partial charge >= 0.3 is 0 Å². The second kappa shape index (κ2) is 8.06. The fourth-order valence-corrected chi connectivity index (χ4v) is 2.85. The summed E-state index contributed by atoms with van der Waals surface area (Å²) in [5.41, 5.74) is -0.161. The van der Waals surface area contributed by atoms with E-state index in [0.29, 0.717) is 32.7 Å². The van der Waals surface area contributed by atoms with Crippen LogP contribution < -0.4 is 4.90 Å². The average Bonchev–Trinajstić information content (AvgIpc) is 2.59. The van der Waals surface area contributed by atoms with Crippen molar-refractivity contribution >= 4 is 11.6 Å². The molecule has 1 heterocycles. The van der Waals surface area contributed by atoms with E-state index >= 15 is 0 Å². The molecule has 1 saturated heterocycles. The van der Waals surface area contributed by atoms with Crippen LogP contribution in [-0.2, 0) is 4.79 Å². The summed E-state index contributed by atoms with van der Waals surface area (Å²) in [5.74, 6) is -1.44. The zero-order valence-corrected chi connectivity index (χ0v) is 14.1. The Balaban J connectivity index is 2.01. The van der Waals surface area contributed by atoms with Crippen LogP contribution in [-0.4, -0.2) is 61.5 Å². The van der Waals surface area contributed by atoms with E-state index in [0.717, 1.165) is 25.2 Å². The van der Waals surface area contributed by atoms with Gasteiger partial charge < -0.3 is 9.80 Å². The Labute approximate surface area is 141 Å². The lowest BCUT2D eigenvalue weighted by atomic mass is 10.1. The minimum absolute atomic E-state index is 0.0400. The molecule has 1 aliphatic heterocycles. The van der Waals surface area contributed by atoms with E-state index in [1.165, 1.54) is 0 Å². The van der Waals surface area contributed by atoms with E-state index in [2.05, 4.69) is 0 Å². The van der Waals surface area contributed by atoms with Gasteiger partial charge in [-0.25, -0.2) is 8.78 Å². The van der Waals surface area contributed by atoms with Crippen LogP contribution in [0.1, 0.15) is 19.4 Å². The molecule has 0 saturated carbocycles. The SMILES string of the molecule is CCN(CC)CC(=O)N1CCN(c2c(F)cc(C#N)cc2F)CC1. The van der Waals surface area contributed by atoms with Crippen molar-refractivity contribution in [2.45, 2.75) is 13.8 Å². The molecule has 0 spiro atoms. The van der Waals surface area contributed by atoms with Gasteiger partial charge in [-0.3, -0.25) is 9.69 Å². The largest absolute Gasteiger partial charge is 0.363 e. The molecule has 1 aromatic carbocycles. The quantitative estimate of drug-likeness (QED) is 0.823. The minimum atomic E-state index is -0.741. The molecule has 7 heteroatoms. The van der Waals surface area contributed by atoms with Crippen molar-refractivity contribution < 1.29 is 13.6 Å². The Hall–Kier alpha value is -2.20. The summed E-state index contributed by atoms with van der Waals surface area (Å²) in [7, 11) is 0. The van der Waals surface area contributed by atoms with Crippen molar-refractivity contribution in [1.29, 1.82) is 5.26 Å². The maximum atomic E-state index is 14.1. The lowest BCUT2D eigenvalue weighted by molar-refractivity contribution is -0.132. The van der Waals surface area contributed by atoms with Crippen molar-refractivity contribution in [3.63, 3.8) is 0 Å². The molecule has 1 amide bonds. The van der Waals surface area contributed by atoms with Gasteiger partial charge in [0.1, 0.15) is 5.69 Å². The number of likely N-dealkylation sites (N-methyl/N-ethyl adjacent to an activating group) is 1. The predicted molar refractivity (Wildman–Crippen MR) is 87.7 cm³/mol. The Morgan fingerprint density at radius 3 is 2.17 bits per heavy atom. The minimum Gasteiger partial charge on any atom is -0.363 e. The first-order chi connectivity index (χ1) is 11.5. The lowest BCUT2D eigenvalue weighted by Gasteiger charge is -2.37. The maximum absolute atomic E-state index is 14.1. The first-order valence-electron chi connectivity index (χ1n) is 8.14. The average molecular weight is 336 g/mol. The molecule has 0 unspecified atom stereocenters. The number of halogens is 2. The van der Waals surface area contributed by atoms with Crippen molar-refractivity contribution in [3.05, 3.63) is 29.3 Å². The summed E-state index contributed by atoms with van der Waals surface area (Å²) in [5, 5.41) is 8.75. The molecular formula is C17H22F2N4O. The highest BCUT2D eigenvalue weighted by atomic mass is 19.1. The summed E-state index contributed by atoms with van der Waals surface area (Å²) in [6.07, 6.45) is 0. The van der Waals surface area contributed by atoms with Crippen LogP contribution in [0.2, 0.25) is 0 Å². The van der Waals surface area contributed by atoms with Crippen LogP contribution >= 0.6 is 0 Å². The fourth-order valence-electron chi connectivity index (χ4n) is 2.85. The number of nitriles is 1. The number of nitrogens with zero attached hydrogens (tertiary/aromatic N) is 4. The van der Waals surface area contributed by atoms with Crippen LogP contribution in [0.3, 0.4) is 0 Å². The standard InChI is InChI=1S/C17H22F2N4O/c1-3-21(4-2)12-16(24)22-5-7-23(8-6-22)17-14(18)9-13(11-20)10-15(17)19/h9-10H,3-8,12H2,1-2H3. The monoisotopic (exact) mass is 336 g/mol. The fraction of sp³-hybridized carbons (Fsp3) is 0.529. The lowest BCUT2D eigenvalue weighted by Crippen LogP contribution is -2.51. The number of carbonyl (C=O) groups is 1. The van der Waals surface area contributed by atoms with Crippen LogP contribution in [0.25, 0.3) is 0 Å². The van der Waals surface area contributed by atoms with Gasteiger partial charge in [-0.05, 0) is 25.2 Å². The van der Waals surface area contributed by atoms with Gasteiger partial charge in [-0.2, -0.15) is 5.26 Å². The number of carbonyl (C=O) groups excluding carboxylic acids is 1. The molecule has 0 N–H and O–H groups in total. The number of piperazine rings is 1. The number of rotatable bonds is 5. The maximum Gasteiger partial charge on any atom is 0.236 e. The Morgan fingerprint density at radius 2 is 1.71 bits per heavy atom. The predicted octanol–water partition coefficient (Wildman–Crippen LogP) is 1.83. The molecule has 130 valence electrons. The summed E-state index contributed by atoms with van der Waals surface area (Å²) in [6, 6.07) is 3.81. The van der Waals surface area contributed by atoms with Crippen LogP contribution in [0.5, 0.6) is 0 Å². The zero-order chi connectivity index (χ0) is 17.7. The van der Waals surface area contributed by atoms with Gasteiger partial charge in [-0.15, -0.1) is 0 Å².